The molecule has 1 heterocycles. The Morgan fingerprint density at radius 1 is 1.62 bits per heavy atom. The summed E-state index contributed by atoms with van der Waals surface area (Å²) in [7, 11) is 1.95. The SMILES string of the molecule is C=CCCCN(C)c1ncc(CO)cc1Cl. The number of hydrogen-bond donors (Lipinski definition) is 1. The minimum absolute atomic E-state index is 0.0345. The first kappa shape index (κ1) is 13.0. The fourth-order valence-corrected chi connectivity index (χ4v) is 1.75. The quantitative estimate of drug-likeness (QED) is 0.614. The molecule has 0 atom stereocenters. The van der Waals surface area contributed by atoms with Crippen LogP contribution in [0.25, 0.3) is 0 Å². The van der Waals surface area contributed by atoms with E-state index in [9.17, 15) is 0 Å². The molecular formula is C12H17ClN2O. The van der Waals surface area contributed by atoms with Gasteiger partial charge < -0.3 is 10.0 Å². The third kappa shape index (κ3) is 3.51. The third-order valence-electron chi connectivity index (χ3n) is 2.32. The second kappa shape index (κ2) is 6.51. The van der Waals surface area contributed by atoms with E-state index < -0.39 is 0 Å². The Morgan fingerprint density at radius 3 is 2.94 bits per heavy atom. The molecule has 0 fully saturated rings. The van der Waals surface area contributed by atoms with Gasteiger partial charge in [0.1, 0.15) is 5.82 Å². The Hall–Kier alpha value is -1.06. The summed E-state index contributed by atoms with van der Waals surface area (Å²) in [6, 6.07) is 1.74. The first-order valence-electron chi connectivity index (χ1n) is 5.26. The Morgan fingerprint density at radius 2 is 2.38 bits per heavy atom. The lowest BCUT2D eigenvalue weighted by Crippen LogP contribution is -2.20. The van der Waals surface area contributed by atoms with Crippen LogP contribution in [-0.4, -0.2) is 23.7 Å². The van der Waals surface area contributed by atoms with Gasteiger partial charge in [-0.1, -0.05) is 17.7 Å². The molecule has 1 aromatic heterocycles. The number of rotatable bonds is 6. The molecular weight excluding hydrogens is 224 g/mol. The minimum Gasteiger partial charge on any atom is -0.392 e. The number of aromatic nitrogens is 1. The molecule has 0 unspecified atom stereocenters. The number of pyridine rings is 1. The highest BCUT2D eigenvalue weighted by Crippen LogP contribution is 2.23. The van der Waals surface area contributed by atoms with Crippen LogP contribution in [0.2, 0.25) is 5.02 Å². The van der Waals surface area contributed by atoms with Crippen molar-refractivity contribution in [2.24, 2.45) is 0 Å². The summed E-state index contributed by atoms with van der Waals surface area (Å²) in [4.78, 5) is 6.24. The number of anilines is 1. The number of unbranched alkanes of at least 4 members (excludes halogenated alkanes) is 1. The van der Waals surface area contributed by atoms with Crippen molar-refractivity contribution >= 4 is 17.4 Å². The van der Waals surface area contributed by atoms with Crippen LogP contribution in [0.5, 0.6) is 0 Å². The van der Waals surface area contributed by atoms with Crippen LogP contribution in [0.15, 0.2) is 24.9 Å². The summed E-state index contributed by atoms with van der Waals surface area (Å²) in [5.41, 5.74) is 0.730. The normalized spacial score (nSPS) is 10.2. The smallest absolute Gasteiger partial charge is 0.147 e. The molecule has 0 bridgehead atoms. The number of nitrogens with zero attached hydrogens (tertiary/aromatic N) is 2. The predicted molar refractivity (Wildman–Crippen MR) is 67.9 cm³/mol. The van der Waals surface area contributed by atoms with E-state index in [0.717, 1.165) is 30.8 Å². The summed E-state index contributed by atoms with van der Waals surface area (Å²) in [6.45, 7) is 4.53. The van der Waals surface area contributed by atoms with E-state index in [4.69, 9.17) is 16.7 Å². The lowest BCUT2D eigenvalue weighted by atomic mass is 10.2. The van der Waals surface area contributed by atoms with Gasteiger partial charge in [-0.05, 0) is 24.5 Å². The van der Waals surface area contributed by atoms with Gasteiger partial charge in [0.25, 0.3) is 0 Å². The van der Waals surface area contributed by atoms with E-state index in [1.807, 2.05) is 18.0 Å². The van der Waals surface area contributed by atoms with E-state index in [2.05, 4.69) is 11.6 Å². The molecule has 16 heavy (non-hydrogen) atoms. The third-order valence-corrected chi connectivity index (χ3v) is 2.60. The minimum atomic E-state index is -0.0345. The van der Waals surface area contributed by atoms with Gasteiger partial charge in [0.2, 0.25) is 0 Å². The molecule has 0 radical (unpaired) electrons. The molecule has 0 amide bonds. The maximum atomic E-state index is 8.94. The number of aliphatic hydroxyl groups is 1. The fourth-order valence-electron chi connectivity index (χ4n) is 1.42. The van der Waals surface area contributed by atoms with Gasteiger partial charge in [-0.25, -0.2) is 4.98 Å². The Labute approximate surface area is 101 Å². The van der Waals surface area contributed by atoms with Crippen molar-refractivity contribution in [1.82, 2.24) is 4.98 Å². The molecule has 0 saturated carbocycles. The van der Waals surface area contributed by atoms with Crippen LogP contribution in [0.4, 0.5) is 5.82 Å². The van der Waals surface area contributed by atoms with Gasteiger partial charge in [-0.2, -0.15) is 0 Å². The van der Waals surface area contributed by atoms with Crippen molar-refractivity contribution in [3.63, 3.8) is 0 Å². The molecule has 1 N–H and O–H groups in total. The number of aliphatic hydroxyl groups excluding tert-OH is 1. The van der Waals surface area contributed by atoms with Crippen LogP contribution in [0, 0.1) is 0 Å². The topological polar surface area (TPSA) is 36.4 Å². The molecule has 0 aliphatic carbocycles. The lowest BCUT2D eigenvalue weighted by Gasteiger charge is -2.19. The second-order valence-corrected chi connectivity index (χ2v) is 4.07. The van der Waals surface area contributed by atoms with Crippen LogP contribution < -0.4 is 4.90 Å². The highest BCUT2D eigenvalue weighted by Gasteiger charge is 2.07. The summed E-state index contributed by atoms with van der Waals surface area (Å²) in [6.07, 6.45) is 5.55. The maximum Gasteiger partial charge on any atom is 0.147 e. The number of halogens is 1. The van der Waals surface area contributed by atoms with Crippen molar-refractivity contribution in [3.8, 4) is 0 Å². The number of hydrogen-bond acceptors (Lipinski definition) is 3. The second-order valence-electron chi connectivity index (χ2n) is 3.66. The predicted octanol–water partition coefficient (Wildman–Crippen LogP) is 2.63. The molecule has 0 aromatic carbocycles. The van der Waals surface area contributed by atoms with Gasteiger partial charge >= 0.3 is 0 Å². The first-order valence-corrected chi connectivity index (χ1v) is 5.64. The van der Waals surface area contributed by atoms with Gasteiger partial charge in [-0.3, -0.25) is 0 Å². The van der Waals surface area contributed by atoms with Crippen molar-refractivity contribution in [1.29, 1.82) is 0 Å². The van der Waals surface area contributed by atoms with E-state index >= 15 is 0 Å². The molecule has 4 heteroatoms. The van der Waals surface area contributed by atoms with Crippen LogP contribution in [0.1, 0.15) is 18.4 Å². The Bertz CT molecular complexity index is 355. The van der Waals surface area contributed by atoms with E-state index in [0.29, 0.717) is 5.02 Å². The lowest BCUT2D eigenvalue weighted by molar-refractivity contribution is 0.281. The Kier molecular flexibility index (Phi) is 5.29. The van der Waals surface area contributed by atoms with E-state index in [-0.39, 0.29) is 6.61 Å². The standard InChI is InChI=1S/C12H17ClN2O/c1-3-4-5-6-15(2)12-11(13)7-10(9-16)8-14-12/h3,7-8,16H,1,4-6,9H2,2H3. The molecule has 0 saturated heterocycles. The van der Waals surface area contributed by atoms with Crippen molar-refractivity contribution in [2.75, 3.05) is 18.5 Å². The summed E-state index contributed by atoms with van der Waals surface area (Å²) < 4.78 is 0. The maximum absolute atomic E-state index is 8.94. The molecule has 0 spiro atoms. The average Bonchev–Trinajstić information content (AvgIpc) is 2.29. The summed E-state index contributed by atoms with van der Waals surface area (Å²) in [5, 5.41) is 9.52. The molecule has 1 rings (SSSR count). The van der Waals surface area contributed by atoms with E-state index in [1.165, 1.54) is 0 Å². The zero-order valence-electron chi connectivity index (χ0n) is 9.49. The number of allylic oxidation sites excluding steroid dienone is 1. The zero-order chi connectivity index (χ0) is 12.0. The van der Waals surface area contributed by atoms with Crippen molar-refractivity contribution < 1.29 is 5.11 Å². The largest absolute Gasteiger partial charge is 0.392 e. The van der Waals surface area contributed by atoms with E-state index in [1.54, 1.807) is 12.3 Å². The fraction of sp³-hybridized carbons (Fsp3) is 0.417. The van der Waals surface area contributed by atoms with Gasteiger partial charge in [0, 0.05) is 19.8 Å². The Balaban J connectivity index is 2.67. The summed E-state index contributed by atoms with van der Waals surface area (Å²) >= 11 is 6.08. The average molecular weight is 241 g/mol. The monoisotopic (exact) mass is 240 g/mol. The zero-order valence-corrected chi connectivity index (χ0v) is 10.2. The van der Waals surface area contributed by atoms with Gasteiger partial charge in [-0.15, -0.1) is 6.58 Å². The van der Waals surface area contributed by atoms with Crippen molar-refractivity contribution in [3.05, 3.63) is 35.5 Å². The van der Waals surface area contributed by atoms with Crippen LogP contribution in [-0.2, 0) is 6.61 Å². The van der Waals surface area contributed by atoms with Gasteiger partial charge in [0.15, 0.2) is 0 Å². The molecule has 88 valence electrons. The molecule has 0 aliphatic rings. The highest BCUT2D eigenvalue weighted by atomic mass is 35.5. The highest BCUT2D eigenvalue weighted by molar-refractivity contribution is 6.33. The molecule has 0 aliphatic heterocycles. The van der Waals surface area contributed by atoms with Crippen LogP contribution >= 0.6 is 11.6 Å². The first-order chi connectivity index (χ1) is 7.69. The van der Waals surface area contributed by atoms with Crippen molar-refractivity contribution in [2.45, 2.75) is 19.4 Å². The van der Waals surface area contributed by atoms with Gasteiger partial charge in [0.05, 0.1) is 11.6 Å². The van der Waals surface area contributed by atoms with Crippen LogP contribution in [0.3, 0.4) is 0 Å². The molecule has 3 nitrogen and oxygen atoms in total. The molecule has 1 aromatic rings. The summed E-state index contributed by atoms with van der Waals surface area (Å²) in [5.74, 6) is 0.753.